The van der Waals surface area contributed by atoms with Crippen LogP contribution in [-0.4, -0.2) is 28.5 Å². The Morgan fingerprint density at radius 1 is 1.64 bits per heavy atom. The van der Waals surface area contributed by atoms with Crippen LogP contribution < -0.4 is 5.73 Å². The van der Waals surface area contributed by atoms with Crippen LogP contribution in [0.25, 0.3) is 0 Å². The summed E-state index contributed by atoms with van der Waals surface area (Å²) in [5, 5.41) is 18.9. The number of aliphatic hydroxyl groups excluding tert-OH is 1. The van der Waals surface area contributed by atoms with Crippen molar-refractivity contribution in [2.45, 2.75) is 37.9 Å². The van der Waals surface area contributed by atoms with Gasteiger partial charge in [-0.2, -0.15) is 0 Å². The average molecular weight is 159 g/mol. The monoisotopic (exact) mass is 159 g/mol. The van der Waals surface area contributed by atoms with Crippen molar-refractivity contribution < 1.29 is 10.2 Å². The fourth-order valence-corrected chi connectivity index (χ4v) is 1.43. The molecule has 11 heavy (non-hydrogen) atoms. The first kappa shape index (κ1) is 8.97. The molecule has 3 nitrogen and oxygen atoms in total. The molecule has 0 radical (unpaired) electrons. The second-order valence-electron chi connectivity index (χ2n) is 3.73. The molecule has 0 aromatic carbocycles. The normalized spacial score (nSPS) is 26.2. The number of nitrogens with two attached hydrogens (primary N) is 1. The van der Waals surface area contributed by atoms with Gasteiger partial charge in [0.1, 0.15) is 0 Å². The molecule has 0 aliphatic heterocycles. The molecular weight excluding hydrogens is 142 g/mol. The topological polar surface area (TPSA) is 66.5 Å². The summed E-state index contributed by atoms with van der Waals surface area (Å²) >= 11 is 0. The van der Waals surface area contributed by atoms with Gasteiger partial charge in [-0.3, -0.25) is 0 Å². The van der Waals surface area contributed by atoms with E-state index in [-0.39, 0.29) is 6.54 Å². The van der Waals surface area contributed by atoms with Crippen molar-refractivity contribution in [1.29, 1.82) is 0 Å². The van der Waals surface area contributed by atoms with Crippen LogP contribution in [0.3, 0.4) is 0 Å². The van der Waals surface area contributed by atoms with Crippen molar-refractivity contribution in [3.8, 4) is 0 Å². The molecule has 0 aromatic rings. The van der Waals surface area contributed by atoms with Gasteiger partial charge in [0, 0.05) is 13.0 Å². The summed E-state index contributed by atoms with van der Waals surface area (Å²) in [6, 6.07) is 0. The molecule has 0 unspecified atom stereocenters. The summed E-state index contributed by atoms with van der Waals surface area (Å²) < 4.78 is 0. The molecule has 0 bridgehead atoms. The van der Waals surface area contributed by atoms with Gasteiger partial charge in [-0.05, 0) is 25.7 Å². The maximum atomic E-state index is 9.74. The highest BCUT2D eigenvalue weighted by Gasteiger charge is 2.40. The molecule has 4 N–H and O–H groups in total. The SMILES string of the molecule is C[C@](O)(C[C@@H](O)CN)C1CC1. The molecule has 0 saturated heterocycles. The maximum absolute atomic E-state index is 9.74. The standard InChI is InChI=1S/C8H17NO2/c1-8(11,6-2-3-6)4-7(10)5-9/h6-7,10-11H,2-5,9H2,1H3/t7-,8+/m1/s1. The predicted molar refractivity (Wildman–Crippen MR) is 43.0 cm³/mol. The summed E-state index contributed by atoms with van der Waals surface area (Å²) in [6.07, 6.45) is 2.04. The van der Waals surface area contributed by atoms with E-state index in [1.165, 1.54) is 0 Å². The largest absolute Gasteiger partial charge is 0.392 e. The Bertz CT molecular complexity index is 132. The second-order valence-corrected chi connectivity index (χ2v) is 3.73. The minimum Gasteiger partial charge on any atom is -0.392 e. The van der Waals surface area contributed by atoms with E-state index in [1.54, 1.807) is 6.92 Å². The quantitative estimate of drug-likeness (QED) is 0.534. The molecule has 0 amide bonds. The Kier molecular flexibility index (Phi) is 2.52. The summed E-state index contributed by atoms with van der Waals surface area (Å²) in [5.74, 6) is 0.392. The Morgan fingerprint density at radius 3 is 2.55 bits per heavy atom. The molecule has 66 valence electrons. The van der Waals surface area contributed by atoms with Gasteiger partial charge in [0.05, 0.1) is 11.7 Å². The molecule has 1 saturated carbocycles. The van der Waals surface area contributed by atoms with Gasteiger partial charge in [-0.1, -0.05) is 0 Å². The molecule has 1 aliphatic carbocycles. The first-order valence-electron chi connectivity index (χ1n) is 4.17. The fourth-order valence-electron chi connectivity index (χ4n) is 1.43. The van der Waals surface area contributed by atoms with Crippen LogP contribution in [0.5, 0.6) is 0 Å². The molecule has 1 rings (SSSR count). The lowest BCUT2D eigenvalue weighted by molar-refractivity contribution is -0.0109. The molecule has 0 heterocycles. The van der Waals surface area contributed by atoms with E-state index in [2.05, 4.69) is 0 Å². The lowest BCUT2D eigenvalue weighted by Gasteiger charge is -2.25. The molecule has 1 fully saturated rings. The van der Waals surface area contributed by atoms with E-state index in [1.807, 2.05) is 0 Å². The van der Waals surface area contributed by atoms with Gasteiger partial charge in [-0.25, -0.2) is 0 Å². The van der Waals surface area contributed by atoms with Crippen LogP contribution in [0.2, 0.25) is 0 Å². The summed E-state index contributed by atoms with van der Waals surface area (Å²) in [4.78, 5) is 0. The zero-order valence-electron chi connectivity index (χ0n) is 6.95. The summed E-state index contributed by atoms with van der Waals surface area (Å²) in [7, 11) is 0. The van der Waals surface area contributed by atoms with Crippen molar-refractivity contribution in [1.82, 2.24) is 0 Å². The van der Waals surface area contributed by atoms with E-state index in [4.69, 9.17) is 5.73 Å². The first-order valence-corrected chi connectivity index (χ1v) is 4.17. The van der Waals surface area contributed by atoms with Crippen molar-refractivity contribution in [2.24, 2.45) is 11.7 Å². The van der Waals surface area contributed by atoms with E-state index < -0.39 is 11.7 Å². The van der Waals surface area contributed by atoms with Gasteiger partial charge in [-0.15, -0.1) is 0 Å². The van der Waals surface area contributed by atoms with E-state index in [9.17, 15) is 10.2 Å². The second kappa shape index (κ2) is 3.09. The minimum atomic E-state index is -0.696. The van der Waals surface area contributed by atoms with Crippen molar-refractivity contribution in [2.75, 3.05) is 6.54 Å². The van der Waals surface area contributed by atoms with Gasteiger partial charge < -0.3 is 15.9 Å². The third kappa shape index (κ3) is 2.43. The number of hydrogen-bond donors (Lipinski definition) is 3. The molecule has 1 aliphatic rings. The van der Waals surface area contributed by atoms with Crippen LogP contribution in [0.1, 0.15) is 26.2 Å². The zero-order valence-corrected chi connectivity index (χ0v) is 6.95. The minimum absolute atomic E-state index is 0.239. The van der Waals surface area contributed by atoms with Gasteiger partial charge in [0.2, 0.25) is 0 Å². The lowest BCUT2D eigenvalue weighted by atomic mass is 9.93. The fraction of sp³-hybridized carbons (Fsp3) is 1.00. The number of hydrogen-bond acceptors (Lipinski definition) is 3. The predicted octanol–water partition coefficient (Wildman–Crippen LogP) is -0.143. The first-order chi connectivity index (χ1) is 5.06. The Hall–Kier alpha value is -0.120. The van der Waals surface area contributed by atoms with Gasteiger partial charge >= 0.3 is 0 Å². The lowest BCUT2D eigenvalue weighted by Crippen LogP contribution is -2.35. The van der Waals surface area contributed by atoms with E-state index in [0.717, 1.165) is 12.8 Å². The Balaban J connectivity index is 2.32. The average Bonchev–Trinajstić information content (AvgIpc) is 2.66. The third-order valence-electron chi connectivity index (χ3n) is 2.38. The van der Waals surface area contributed by atoms with Crippen molar-refractivity contribution >= 4 is 0 Å². The van der Waals surface area contributed by atoms with Crippen molar-refractivity contribution in [3.63, 3.8) is 0 Å². The van der Waals surface area contributed by atoms with Crippen LogP contribution in [-0.2, 0) is 0 Å². The highest BCUT2D eigenvalue weighted by atomic mass is 16.3. The zero-order chi connectivity index (χ0) is 8.48. The van der Waals surface area contributed by atoms with Crippen LogP contribution in [0, 0.1) is 5.92 Å². The summed E-state index contributed by atoms with van der Waals surface area (Å²) in [6.45, 7) is 2.02. The smallest absolute Gasteiger partial charge is 0.0689 e. The molecule has 0 spiro atoms. The summed E-state index contributed by atoms with van der Waals surface area (Å²) in [5.41, 5.74) is 4.54. The van der Waals surface area contributed by atoms with Crippen LogP contribution in [0.4, 0.5) is 0 Å². The highest BCUT2D eigenvalue weighted by Crippen LogP contribution is 2.41. The van der Waals surface area contributed by atoms with E-state index in [0.29, 0.717) is 12.3 Å². The van der Waals surface area contributed by atoms with Gasteiger partial charge in [0.25, 0.3) is 0 Å². The molecule has 2 atom stereocenters. The maximum Gasteiger partial charge on any atom is 0.0689 e. The Labute approximate surface area is 67.2 Å². The van der Waals surface area contributed by atoms with E-state index >= 15 is 0 Å². The van der Waals surface area contributed by atoms with Crippen LogP contribution in [0.15, 0.2) is 0 Å². The van der Waals surface area contributed by atoms with Crippen LogP contribution >= 0.6 is 0 Å². The third-order valence-corrected chi connectivity index (χ3v) is 2.38. The number of rotatable bonds is 4. The number of aliphatic hydroxyl groups is 2. The highest BCUT2D eigenvalue weighted by molar-refractivity contribution is 4.92. The molecule has 3 heteroatoms. The molecular formula is C8H17NO2. The molecule has 0 aromatic heterocycles. The van der Waals surface area contributed by atoms with Gasteiger partial charge in [0.15, 0.2) is 0 Å². The van der Waals surface area contributed by atoms with Crippen molar-refractivity contribution in [3.05, 3.63) is 0 Å². The Morgan fingerprint density at radius 2 is 2.18 bits per heavy atom.